The molecule has 2 heteroatoms. The molecule has 0 spiro atoms. The van der Waals surface area contributed by atoms with Gasteiger partial charge in [0.2, 0.25) is 0 Å². The molecule has 0 amide bonds. The van der Waals surface area contributed by atoms with Crippen LogP contribution in [0.4, 0.5) is 0 Å². The first kappa shape index (κ1) is 17.9. The Morgan fingerprint density at radius 3 is 2.19 bits per heavy atom. The van der Waals surface area contributed by atoms with Gasteiger partial charge in [0.05, 0.1) is 0 Å². The second kappa shape index (κ2) is 8.35. The van der Waals surface area contributed by atoms with Crippen LogP contribution in [0.25, 0.3) is 0 Å². The minimum absolute atomic E-state index is 0.161. The van der Waals surface area contributed by atoms with Gasteiger partial charge in [-0.2, -0.15) is 0 Å². The fraction of sp³-hybridized carbons (Fsp3) is 0.579. The van der Waals surface area contributed by atoms with Crippen LogP contribution < -0.4 is 5.32 Å². The standard InChI is InChI=1S/C19H32N2/c1-7-14-21(19(4,5)6)15-18-10-8-17(9-11-18)12-13-20-16(2)3/h7-11,16,20H,1,12-15H2,2-6H3. The number of rotatable bonds is 8. The summed E-state index contributed by atoms with van der Waals surface area (Å²) < 4.78 is 0. The summed E-state index contributed by atoms with van der Waals surface area (Å²) in [5, 5.41) is 3.46. The van der Waals surface area contributed by atoms with Gasteiger partial charge in [-0.3, -0.25) is 4.90 Å². The first-order valence-corrected chi connectivity index (χ1v) is 8.00. The van der Waals surface area contributed by atoms with E-state index in [0.29, 0.717) is 6.04 Å². The van der Waals surface area contributed by atoms with Crippen molar-refractivity contribution >= 4 is 0 Å². The van der Waals surface area contributed by atoms with Gasteiger partial charge in [0, 0.05) is 24.7 Å². The molecule has 118 valence electrons. The van der Waals surface area contributed by atoms with E-state index >= 15 is 0 Å². The number of nitrogens with zero attached hydrogens (tertiary/aromatic N) is 1. The Balaban J connectivity index is 2.58. The Kier molecular flexibility index (Phi) is 7.13. The lowest BCUT2D eigenvalue weighted by molar-refractivity contribution is 0.145. The van der Waals surface area contributed by atoms with Gasteiger partial charge in [0.1, 0.15) is 0 Å². The third-order valence-electron chi connectivity index (χ3n) is 3.66. The van der Waals surface area contributed by atoms with E-state index in [1.165, 1.54) is 11.1 Å². The highest BCUT2D eigenvalue weighted by Crippen LogP contribution is 2.17. The topological polar surface area (TPSA) is 15.3 Å². The molecule has 0 aliphatic rings. The number of benzene rings is 1. The van der Waals surface area contributed by atoms with Gasteiger partial charge in [-0.1, -0.05) is 44.2 Å². The molecule has 0 heterocycles. The third kappa shape index (κ3) is 6.92. The fourth-order valence-electron chi connectivity index (χ4n) is 2.27. The number of nitrogens with one attached hydrogen (secondary N) is 1. The van der Waals surface area contributed by atoms with E-state index in [1.807, 2.05) is 6.08 Å². The van der Waals surface area contributed by atoms with Crippen LogP contribution in [0.15, 0.2) is 36.9 Å². The van der Waals surface area contributed by atoms with Crippen LogP contribution in [-0.2, 0) is 13.0 Å². The molecule has 1 rings (SSSR count). The number of hydrogen-bond donors (Lipinski definition) is 1. The lowest BCUT2D eigenvalue weighted by Gasteiger charge is -2.34. The van der Waals surface area contributed by atoms with Crippen LogP contribution in [0.1, 0.15) is 45.7 Å². The molecule has 0 saturated heterocycles. The van der Waals surface area contributed by atoms with E-state index in [0.717, 1.165) is 26.1 Å². The predicted octanol–water partition coefficient (Wildman–Crippen LogP) is 4.01. The average molecular weight is 288 g/mol. The quantitative estimate of drug-likeness (QED) is 0.727. The summed E-state index contributed by atoms with van der Waals surface area (Å²) >= 11 is 0. The molecule has 0 aromatic heterocycles. The highest BCUT2D eigenvalue weighted by atomic mass is 15.2. The Morgan fingerprint density at radius 1 is 1.14 bits per heavy atom. The lowest BCUT2D eigenvalue weighted by Crippen LogP contribution is -2.40. The maximum absolute atomic E-state index is 3.87. The highest BCUT2D eigenvalue weighted by molar-refractivity contribution is 5.23. The van der Waals surface area contributed by atoms with E-state index in [4.69, 9.17) is 0 Å². The first-order chi connectivity index (χ1) is 9.82. The van der Waals surface area contributed by atoms with Crippen LogP contribution in [0, 0.1) is 0 Å². The molecule has 2 nitrogen and oxygen atoms in total. The first-order valence-electron chi connectivity index (χ1n) is 8.00. The maximum Gasteiger partial charge on any atom is 0.0242 e. The van der Waals surface area contributed by atoms with Crippen LogP contribution in [0.5, 0.6) is 0 Å². The molecule has 0 saturated carbocycles. The Labute approximate surface area is 131 Å². The zero-order chi connectivity index (χ0) is 15.9. The van der Waals surface area contributed by atoms with E-state index in [9.17, 15) is 0 Å². The summed E-state index contributed by atoms with van der Waals surface area (Å²) in [5.41, 5.74) is 2.93. The molecule has 1 N–H and O–H groups in total. The number of hydrogen-bond acceptors (Lipinski definition) is 2. The third-order valence-corrected chi connectivity index (χ3v) is 3.66. The van der Waals surface area contributed by atoms with Crippen LogP contribution >= 0.6 is 0 Å². The monoisotopic (exact) mass is 288 g/mol. The highest BCUT2D eigenvalue weighted by Gasteiger charge is 2.19. The van der Waals surface area contributed by atoms with E-state index in [2.05, 4.69) is 75.7 Å². The largest absolute Gasteiger partial charge is 0.314 e. The fourth-order valence-corrected chi connectivity index (χ4v) is 2.27. The molecule has 1 aromatic rings. The second-order valence-electron chi connectivity index (χ2n) is 7.02. The summed E-state index contributed by atoms with van der Waals surface area (Å²) in [7, 11) is 0. The lowest BCUT2D eigenvalue weighted by atomic mass is 10.0. The van der Waals surface area contributed by atoms with Crippen molar-refractivity contribution in [2.45, 2.75) is 59.2 Å². The minimum atomic E-state index is 0.161. The van der Waals surface area contributed by atoms with Crippen molar-refractivity contribution < 1.29 is 0 Å². The van der Waals surface area contributed by atoms with Gasteiger partial charge in [-0.05, 0) is 44.9 Å². The summed E-state index contributed by atoms with van der Waals surface area (Å²) in [4.78, 5) is 2.44. The smallest absolute Gasteiger partial charge is 0.0242 e. The molecule has 0 fully saturated rings. The molecular formula is C19H32N2. The summed E-state index contributed by atoms with van der Waals surface area (Å²) in [6, 6.07) is 9.58. The summed E-state index contributed by atoms with van der Waals surface area (Å²) in [6.45, 7) is 17.9. The van der Waals surface area contributed by atoms with E-state index in [1.54, 1.807) is 0 Å². The van der Waals surface area contributed by atoms with Gasteiger partial charge in [0.25, 0.3) is 0 Å². The summed E-state index contributed by atoms with van der Waals surface area (Å²) in [5.74, 6) is 0. The minimum Gasteiger partial charge on any atom is -0.314 e. The van der Waals surface area contributed by atoms with E-state index in [-0.39, 0.29) is 5.54 Å². The molecule has 21 heavy (non-hydrogen) atoms. The molecule has 0 atom stereocenters. The van der Waals surface area contributed by atoms with Crippen molar-refractivity contribution in [2.24, 2.45) is 0 Å². The molecule has 0 bridgehead atoms. The van der Waals surface area contributed by atoms with Crippen molar-refractivity contribution in [3.8, 4) is 0 Å². The van der Waals surface area contributed by atoms with Crippen molar-refractivity contribution in [1.29, 1.82) is 0 Å². The zero-order valence-corrected chi connectivity index (χ0v) is 14.4. The Morgan fingerprint density at radius 2 is 1.71 bits per heavy atom. The second-order valence-corrected chi connectivity index (χ2v) is 7.02. The van der Waals surface area contributed by atoms with Crippen molar-refractivity contribution in [3.63, 3.8) is 0 Å². The normalized spacial score (nSPS) is 12.1. The van der Waals surface area contributed by atoms with Crippen molar-refractivity contribution in [1.82, 2.24) is 10.2 Å². The van der Waals surface area contributed by atoms with Gasteiger partial charge in [0.15, 0.2) is 0 Å². The predicted molar refractivity (Wildman–Crippen MR) is 93.6 cm³/mol. The molecule has 0 radical (unpaired) electrons. The molecular weight excluding hydrogens is 256 g/mol. The van der Waals surface area contributed by atoms with Crippen molar-refractivity contribution in [3.05, 3.63) is 48.0 Å². The van der Waals surface area contributed by atoms with Gasteiger partial charge in [-0.25, -0.2) is 0 Å². The molecule has 0 unspecified atom stereocenters. The van der Waals surface area contributed by atoms with Crippen LogP contribution in [0.3, 0.4) is 0 Å². The zero-order valence-electron chi connectivity index (χ0n) is 14.4. The van der Waals surface area contributed by atoms with Crippen LogP contribution in [-0.4, -0.2) is 29.6 Å². The molecule has 1 aromatic carbocycles. The van der Waals surface area contributed by atoms with Gasteiger partial charge in [-0.15, -0.1) is 6.58 Å². The Hall–Kier alpha value is -1.12. The van der Waals surface area contributed by atoms with Crippen molar-refractivity contribution in [2.75, 3.05) is 13.1 Å². The van der Waals surface area contributed by atoms with Gasteiger partial charge >= 0.3 is 0 Å². The van der Waals surface area contributed by atoms with Crippen LogP contribution in [0.2, 0.25) is 0 Å². The average Bonchev–Trinajstić information content (AvgIpc) is 2.38. The van der Waals surface area contributed by atoms with Gasteiger partial charge < -0.3 is 5.32 Å². The van der Waals surface area contributed by atoms with E-state index < -0.39 is 0 Å². The maximum atomic E-state index is 3.87. The molecule has 0 aliphatic carbocycles. The summed E-state index contributed by atoms with van der Waals surface area (Å²) in [6.07, 6.45) is 3.07. The molecule has 0 aliphatic heterocycles. The Bertz CT molecular complexity index is 412. The SMILES string of the molecule is C=CCN(Cc1ccc(CCNC(C)C)cc1)C(C)(C)C.